The number of ether oxygens (including phenoxy) is 1. The predicted molar refractivity (Wildman–Crippen MR) is 81.9 cm³/mol. The van der Waals surface area contributed by atoms with Gasteiger partial charge in [0.25, 0.3) is 0 Å². The van der Waals surface area contributed by atoms with Gasteiger partial charge in [-0.25, -0.2) is 8.42 Å². The normalized spacial score (nSPS) is 19.0. The summed E-state index contributed by atoms with van der Waals surface area (Å²) >= 11 is 0. The average molecular weight is 327 g/mol. The van der Waals surface area contributed by atoms with Crippen LogP contribution < -0.4 is 10.1 Å². The molecule has 22 heavy (non-hydrogen) atoms. The predicted octanol–water partition coefficient (Wildman–Crippen LogP) is 0.391. The van der Waals surface area contributed by atoms with Crippen LogP contribution >= 0.6 is 0 Å². The molecule has 1 aromatic heterocycles. The zero-order valence-electron chi connectivity index (χ0n) is 12.6. The Morgan fingerprint density at radius 3 is 3.05 bits per heavy atom. The molecular formula is C14H21N3O4S. The maximum atomic E-state index is 12.1. The fourth-order valence-electron chi connectivity index (χ4n) is 2.42. The Morgan fingerprint density at radius 2 is 2.36 bits per heavy atom. The summed E-state index contributed by atoms with van der Waals surface area (Å²) in [7, 11) is -3.33. The highest BCUT2D eigenvalue weighted by Crippen LogP contribution is 2.20. The molecular weight excluding hydrogens is 306 g/mol. The van der Waals surface area contributed by atoms with E-state index in [-0.39, 0.29) is 5.91 Å². The number of nitrogens with one attached hydrogen (secondary N) is 1. The van der Waals surface area contributed by atoms with Gasteiger partial charge in [-0.2, -0.15) is 4.31 Å². The smallest absolute Gasteiger partial charge is 0.238 e. The summed E-state index contributed by atoms with van der Waals surface area (Å²) in [6.45, 7) is 1.33. The number of pyridine rings is 1. The molecule has 2 heterocycles. The molecule has 1 N–H and O–H groups in total. The first-order valence-electron chi connectivity index (χ1n) is 7.26. The molecule has 0 saturated carbocycles. The van der Waals surface area contributed by atoms with E-state index in [0.717, 1.165) is 12.7 Å². The monoisotopic (exact) mass is 327 g/mol. The second-order valence-corrected chi connectivity index (χ2v) is 7.15. The standard InChI is InChI=1S/C14H21N3O4S/c1-22(19,20)17-9-3-6-13(17)14(18)16-8-4-10-21-12-5-2-7-15-11-12/h2,5,7,11,13H,3-4,6,8-10H2,1H3,(H,16,18). The molecule has 122 valence electrons. The molecule has 1 aliphatic rings. The Hall–Kier alpha value is -1.67. The van der Waals surface area contributed by atoms with Crippen LogP contribution in [-0.2, 0) is 14.8 Å². The summed E-state index contributed by atoms with van der Waals surface area (Å²) in [6, 6.07) is 3.03. The zero-order valence-corrected chi connectivity index (χ0v) is 13.4. The van der Waals surface area contributed by atoms with E-state index in [4.69, 9.17) is 4.74 Å². The minimum Gasteiger partial charge on any atom is -0.492 e. The Kier molecular flexibility index (Phi) is 5.73. The maximum Gasteiger partial charge on any atom is 0.238 e. The van der Waals surface area contributed by atoms with E-state index in [9.17, 15) is 13.2 Å². The molecule has 1 atom stereocenters. The molecule has 0 aromatic carbocycles. The number of rotatable bonds is 7. The lowest BCUT2D eigenvalue weighted by atomic mass is 10.2. The van der Waals surface area contributed by atoms with Gasteiger partial charge in [0.2, 0.25) is 15.9 Å². The van der Waals surface area contributed by atoms with E-state index < -0.39 is 16.1 Å². The molecule has 1 amide bonds. The van der Waals surface area contributed by atoms with Crippen molar-refractivity contribution in [3.63, 3.8) is 0 Å². The van der Waals surface area contributed by atoms with Crippen molar-refractivity contribution in [1.29, 1.82) is 0 Å². The van der Waals surface area contributed by atoms with Gasteiger partial charge < -0.3 is 10.1 Å². The number of carbonyl (C=O) groups is 1. The molecule has 1 saturated heterocycles. The van der Waals surface area contributed by atoms with Gasteiger partial charge in [-0.1, -0.05) is 0 Å². The Morgan fingerprint density at radius 1 is 1.55 bits per heavy atom. The lowest BCUT2D eigenvalue weighted by Gasteiger charge is -2.21. The number of sulfonamides is 1. The topological polar surface area (TPSA) is 88.6 Å². The van der Waals surface area contributed by atoms with Crippen molar-refractivity contribution in [3.8, 4) is 5.75 Å². The van der Waals surface area contributed by atoms with E-state index in [2.05, 4.69) is 10.3 Å². The number of carbonyl (C=O) groups excluding carboxylic acids is 1. The van der Waals surface area contributed by atoms with E-state index in [0.29, 0.717) is 38.3 Å². The fraction of sp³-hybridized carbons (Fsp3) is 0.571. The average Bonchev–Trinajstić information content (AvgIpc) is 2.97. The van der Waals surface area contributed by atoms with E-state index in [1.54, 1.807) is 18.5 Å². The van der Waals surface area contributed by atoms with Crippen LogP contribution in [0, 0.1) is 0 Å². The van der Waals surface area contributed by atoms with Crippen LogP contribution in [0.25, 0.3) is 0 Å². The van der Waals surface area contributed by atoms with Gasteiger partial charge in [0.05, 0.1) is 19.1 Å². The third-order valence-corrected chi connectivity index (χ3v) is 4.74. The van der Waals surface area contributed by atoms with Crippen LogP contribution in [-0.4, -0.2) is 55.6 Å². The summed E-state index contributed by atoms with van der Waals surface area (Å²) < 4.78 is 29.9. The van der Waals surface area contributed by atoms with Crippen LogP contribution in [0.15, 0.2) is 24.5 Å². The molecule has 0 radical (unpaired) electrons. The van der Waals surface area contributed by atoms with Crippen LogP contribution in [0.3, 0.4) is 0 Å². The summed E-state index contributed by atoms with van der Waals surface area (Å²) in [5.41, 5.74) is 0. The molecule has 7 nitrogen and oxygen atoms in total. The van der Waals surface area contributed by atoms with Crippen molar-refractivity contribution in [1.82, 2.24) is 14.6 Å². The van der Waals surface area contributed by atoms with Crippen LogP contribution in [0.4, 0.5) is 0 Å². The lowest BCUT2D eigenvalue weighted by Crippen LogP contribution is -2.45. The van der Waals surface area contributed by atoms with E-state index in [1.165, 1.54) is 4.31 Å². The van der Waals surface area contributed by atoms with Gasteiger partial charge in [-0.15, -0.1) is 0 Å². The van der Waals surface area contributed by atoms with Crippen molar-refractivity contribution < 1.29 is 17.9 Å². The SMILES string of the molecule is CS(=O)(=O)N1CCCC1C(=O)NCCCOc1cccnc1. The lowest BCUT2D eigenvalue weighted by molar-refractivity contribution is -0.124. The van der Waals surface area contributed by atoms with Crippen LogP contribution in [0.1, 0.15) is 19.3 Å². The zero-order chi connectivity index (χ0) is 16.0. The van der Waals surface area contributed by atoms with Crippen molar-refractivity contribution in [2.75, 3.05) is 26.0 Å². The number of nitrogens with zero attached hydrogens (tertiary/aromatic N) is 2. The maximum absolute atomic E-state index is 12.1. The Balaban J connectivity index is 1.69. The van der Waals surface area contributed by atoms with Crippen molar-refractivity contribution >= 4 is 15.9 Å². The number of amides is 1. The highest BCUT2D eigenvalue weighted by atomic mass is 32.2. The first-order chi connectivity index (χ1) is 10.5. The second kappa shape index (κ2) is 7.55. The van der Waals surface area contributed by atoms with Gasteiger partial charge in [0.1, 0.15) is 11.8 Å². The summed E-state index contributed by atoms with van der Waals surface area (Å²) in [4.78, 5) is 16.0. The van der Waals surface area contributed by atoms with Gasteiger partial charge in [0, 0.05) is 19.3 Å². The molecule has 0 aliphatic carbocycles. The molecule has 2 rings (SSSR count). The minimum absolute atomic E-state index is 0.232. The molecule has 1 unspecified atom stereocenters. The molecule has 1 aromatic rings. The van der Waals surface area contributed by atoms with Gasteiger partial charge in [0.15, 0.2) is 0 Å². The van der Waals surface area contributed by atoms with E-state index in [1.807, 2.05) is 6.07 Å². The highest BCUT2D eigenvalue weighted by Gasteiger charge is 2.36. The highest BCUT2D eigenvalue weighted by molar-refractivity contribution is 7.88. The third-order valence-electron chi connectivity index (χ3n) is 3.46. The first-order valence-corrected chi connectivity index (χ1v) is 9.10. The summed E-state index contributed by atoms with van der Waals surface area (Å²) in [6.07, 6.45) is 6.37. The largest absolute Gasteiger partial charge is 0.492 e. The Bertz CT molecular complexity index is 591. The number of aromatic nitrogens is 1. The third kappa shape index (κ3) is 4.67. The van der Waals surface area contributed by atoms with Crippen molar-refractivity contribution in [2.45, 2.75) is 25.3 Å². The quantitative estimate of drug-likeness (QED) is 0.732. The molecule has 1 fully saturated rings. The number of hydrogen-bond donors (Lipinski definition) is 1. The van der Waals surface area contributed by atoms with Crippen LogP contribution in [0.2, 0.25) is 0 Å². The van der Waals surface area contributed by atoms with Crippen molar-refractivity contribution in [2.24, 2.45) is 0 Å². The molecule has 8 heteroatoms. The number of hydrogen-bond acceptors (Lipinski definition) is 5. The van der Waals surface area contributed by atoms with E-state index >= 15 is 0 Å². The first kappa shape index (κ1) is 16.7. The fourth-order valence-corrected chi connectivity index (χ4v) is 3.55. The molecule has 0 bridgehead atoms. The van der Waals surface area contributed by atoms with Gasteiger partial charge in [-0.05, 0) is 31.4 Å². The summed E-state index contributed by atoms with van der Waals surface area (Å²) in [5, 5.41) is 2.77. The van der Waals surface area contributed by atoms with Gasteiger partial charge >= 0.3 is 0 Å². The molecule has 0 spiro atoms. The second-order valence-electron chi connectivity index (χ2n) is 5.21. The van der Waals surface area contributed by atoms with Crippen molar-refractivity contribution in [3.05, 3.63) is 24.5 Å². The van der Waals surface area contributed by atoms with Crippen LogP contribution in [0.5, 0.6) is 5.75 Å². The summed E-state index contributed by atoms with van der Waals surface area (Å²) in [5.74, 6) is 0.456. The molecule has 1 aliphatic heterocycles. The Labute approximate surface area is 130 Å². The minimum atomic E-state index is -3.33. The van der Waals surface area contributed by atoms with Gasteiger partial charge in [-0.3, -0.25) is 9.78 Å².